The van der Waals surface area contributed by atoms with E-state index in [0.717, 1.165) is 24.1 Å². The molecule has 4 nitrogen and oxygen atoms in total. The Morgan fingerprint density at radius 1 is 1.32 bits per heavy atom. The van der Waals surface area contributed by atoms with E-state index >= 15 is 0 Å². The zero-order valence-electron chi connectivity index (χ0n) is 10.4. The summed E-state index contributed by atoms with van der Waals surface area (Å²) in [6, 6.07) is 7.88. The quantitative estimate of drug-likeness (QED) is 0.512. The van der Waals surface area contributed by atoms with Gasteiger partial charge in [-0.05, 0) is 36.1 Å². The van der Waals surface area contributed by atoms with Crippen molar-refractivity contribution in [3.63, 3.8) is 0 Å². The van der Waals surface area contributed by atoms with Crippen molar-refractivity contribution in [1.82, 2.24) is 15.4 Å². The fourth-order valence-electron chi connectivity index (χ4n) is 2.78. The predicted molar refractivity (Wildman–Crippen MR) is 74.6 cm³/mol. The Balaban J connectivity index is 1.94. The van der Waals surface area contributed by atoms with E-state index in [9.17, 15) is 0 Å². The van der Waals surface area contributed by atoms with E-state index in [1.54, 1.807) is 12.3 Å². The van der Waals surface area contributed by atoms with Gasteiger partial charge < -0.3 is 0 Å². The Labute approximate surface area is 117 Å². The van der Waals surface area contributed by atoms with Gasteiger partial charge in [-0.25, -0.2) is 4.98 Å². The van der Waals surface area contributed by atoms with Crippen LogP contribution in [0.25, 0.3) is 0 Å². The highest BCUT2D eigenvalue weighted by molar-refractivity contribution is 6.29. The van der Waals surface area contributed by atoms with Crippen LogP contribution in [0.1, 0.15) is 35.2 Å². The molecule has 1 aliphatic carbocycles. The minimum absolute atomic E-state index is 0.0147. The number of aryl methyl sites for hydroxylation is 1. The molecule has 2 atom stereocenters. The molecule has 0 fully saturated rings. The minimum Gasteiger partial charge on any atom is -0.271 e. The number of hydrazine groups is 1. The van der Waals surface area contributed by atoms with E-state index < -0.39 is 0 Å². The number of hydrogen-bond donors (Lipinski definition) is 2. The third-order valence-corrected chi connectivity index (χ3v) is 3.92. The second-order valence-electron chi connectivity index (χ2n) is 4.75. The fourth-order valence-corrected chi connectivity index (χ4v) is 2.90. The molecule has 2 unspecified atom stereocenters. The molecule has 0 bridgehead atoms. The molecule has 0 amide bonds. The van der Waals surface area contributed by atoms with Gasteiger partial charge in [0.15, 0.2) is 0 Å². The molecule has 2 aromatic heterocycles. The lowest BCUT2D eigenvalue weighted by atomic mass is 9.92. The molecule has 3 N–H and O–H groups in total. The van der Waals surface area contributed by atoms with Crippen LogP contribution in [-0.2, 0) is 6.42 Å². The number of aromatic nitrogens is 2. The van der Waals surface area contributed by atoms with E-state index in [4.69, 9.17) is 17.4 Å². The number of nitrogens with zero attached hydrogens (tertiary/aromatic N) is 2. The number of fused-ring (bicyclic) bond motifs is 1. The van der Waals surface area contributed by atoms with Crippen LogP contribution in [0.3, 0.4) is 0 Å². The number of nitrogens with one attached hydrogen (secondary N) is 1. The predicted octanol–water partition coefficient (Wildman–Crippen LogP) is 2.36. The molecule has 0 aliphatic heterocycles. The first-order valence-corrected chi connectivity index (χ1v) is 6.69. The molecule has 3 rings (SSSR count). The SMILES string of the molecule is NNC(c1ccc(Cl)nc1)C1CCc2cccnc21. The molecule has 1 aliphatic rings. The molecule has 0 saturated carbocycles. The standard InChI is InChI=1S/C14H15ClN4/c15-12-6-4-10(8-18-12)14(19-16)11-5-3-9-2-1-7-17-13(9)11/h1-2,4,6-8,11,14,19H,3,5,16H2. The van der Waals surface area contributed by atoms with Gasteiger partial charge in [0.05, 0.1) is 6.04 Å². The Kier molecular flexibility index (Phi) is 3.46. The average molecular weight is 275 g/mol. The summed E-state index contributed by atoms with van der Waals surface area (Å²) < 4.78 is 0. The topological polar surface area (TPSA) is 63.8 Å². The molecule has 5 heteroatoms. The molecular weight excluding hydrogens is 260 g/mol. The number of nitrogens with two attached hydrogens (primary N) is 1. The van der Waals surface area contributed by atoms with Gasteiger partial charge in [-0.15, -0.1) is 0 Å². The van der Waals surface area contributed by atoms with E-state index in [1.165, 1.54) is 5.56 Å². The van der Waals surface area contributed by atoms with Crippen LogP contribution in [-0.4, -0.2) is 9.97 Å². The molecule has 0 spiro atoms. The summed E-state index contributed by atoms with van der Waals surface area (Å²) in [7, 11) is 0. The monoisotopic (exact) mass is 274 g/mol. The van der Waals surface area contributed by atoms with E-state index in [2.05, 4.69) is 21.5 Å². The molecule has 0 aromatic carbocycles. The van der Waals surface area contributed by atoms with Crippen molar-refractivity contribution >= 4 is 11.6 Å². The summed E-state index contributed by atoms with van der Waals surface area (Å²) in [5.74, 6) is 6.02. The smallest absolute Gasteiger partial charge is 0.129 e. The third-order valence-electron chi connectivity index (χ3n) is 3.69. The van der Waals surface area contributed by atoms with Crippen molar-refractivity contribution in [2.24, 2.45) is 5.84 Å². The van der Waals surface area contributed by atoms with Crippen LogP contribution in [0, 0.1) is 0 Å². The second-order valence-corrected chi connectivity index (χ2v) is 5.14. The molecule has 0 saturated heterocycles. The van der Waals surface area contributed by atoms with Crippen LogP contribution in [0.2, 0.25) is 5.15 Å². The first-order valence-electron chi connectivity index (χ1n) is 6.31. The van der Waals surface area contributed by atoms with Crippen molar-refractivity contribution in [3.8, 4) is 0 Å². The largest absolute Gasteiger partial charge is 0.271 e. The lowest BCUT2D eigenvalue weighted by molar-refractivity contribution is 0.446. The number of rotatable bonds is 3. The molecule has 0 radical (unpaired) electrons. The average Bonchev–Trinajstić information content (AvgIpc) is 2.86. The lowest BCUT2D eigenvalue weighted by Crippen LogP contribution is -2.32. The van der Waals surface area contributed by atoms with Gasteiger partial charge in [0.1, 0.15) is 5.15 Å². The summed E-state index contributed by atoms with van der Waals surface area (Å²) >= 11 is 5.83. The van der Waals surface area contributed by atoms with Gasteiger partial charge in [-0.3, -0.25) is 16.3 Å². The number of halogens is 1. The molecule has 98 valence electrons. The summed E-state index contributed by atoms with van der Waals surface area (Å²) in [4.78, 5) is 8.64. The zero-order chi connectivity index (χ0) is 13.2. The van der Waals surface area contributed by atoms with Crippen LogP contribution < -0.4 is 11.3 Å². The first kappa shape index (κ1) is 12.5. The van der Waals surface area contributed by atoms with E-state index in [0.29, 0.717) is 5.15 Å². The zero-order valence-corrected chi connectivity index (χ0v) is 11.1. The summed E-state index contributed by atoms with van der Waals surface area (Å²) in [5.41, 5.74) is 6.39. The Hall–Kier alpha value is -1.49. The van der Waals surface area contributed by atoms with Crippen molar-refractivity contribution in [3.05, 3.63) is 58.6 Å². The summed E-state index contributed by atoms with van der Waals surface area (Å²) in [6.45, 7) is 0. The third kappa shape index (κ3) is 2.34. The van der Waals surface area contributed by atoms with Crippen LogP contribution in [0.5, 0.6) is 0 Å². The van der Waals surface area contributed by atoms with E-state index in [-0.39, 0.29) is 12.0 Å². The van der Waals surface area contributed by atoms with Gasteiger partial charge >= 0.3 is 0 Å². The normalized spacial score (nSPS) is 19.2. The molecule has 2 aromatic rings. The summed E-state index contributed by atoms with van der Waals surface area (Å²) in [6.07, 6.45) is 5.70. The second kappa shape index (κ2) is 5.25. The van der Waals surface area contributed by atoms with Crippen molar-refractivity contribution in [1.29, 1.82) is 0 Å². The van der Waals surface area contributed by atoms with Crippen molar-refractivity contribution < 1.29 is 0 Å². The highest BCUT2D eigenvalue weighted by atomic mass is 35.5. The lowest BCUT2D eigenvalue weighted by Gasteiger charge is -2.23. The maximum Gasteiger partial charge on any atom is 0.129 e. The first-order chi connectivity index (χ1) is 9.29. The van der Waals surface area contributed by atoms with Gasteiger partial charge in [-0.1, -0.05) is 23.7 Å². The Morgan fingerprint density at radius 2 is 2.21 bits per heavy atom. The molecule has 19 heavy (non-hydrogen) atoms. The number of pyridine rings is 2. The van der Waals surface area contributed by atoms with Gasteiger partial charge in [0, 0.05) is 24.0 Å². The fraction of sp³-hybridized carbons (Fsp3) is 0.286. The van der Waals surface area contributed by atoms with Gasteiger partial charge in [0.25, 0.3) is 0 Å². The van der Waals surface area contributed by atoms with Crippen molar-refractivity contribution in [2.45, 2.75) is 24.8 Å². The molecular formula is C14H15ClN4. The maximum atomic E-state index is 5.83. The molecule has 2 heterocycles. The van der Waals surface area contributed by atoms with Crippen LogP contribution in [0.15, 0.2) is 36.7 Å². The Morgan fingerprint density at radius 3 is 2.95 bits per heavy atom. The van der Waals surface area contributed by atoms with Gasteiger partial charge in [-0.2, -0.15) is 0 Å². The number of hydrogen-bond acceptors (Lipinski definition) is 4. The van der Waals surface area contributed by atoms with Crippen LogP contribution in [0.4, 0.5) is 0 Å². The van der Waals surface area contributed by atoms with Crippen LogP contribution >= 0.6 is 11.6 Å². The van der Waals surface area contributed by atoms with E-state index in [1.807, 2.05) is 18.3 Å². The van der Waals surface area contributed by atoms with Crippen molar-refractivity contribution in [2.75, 3.05) is 0 Å². The highest BCUT2D eigenvalue weighted by Crippen LogP contribution is 2.39. The van der Waals surface area contributed by atoms with Gasteiger partial charge in [0.2, 0.25) is 0 Å². The minimum atomic E-state index is 0.0147. The maximum absolute atomic E-state index is 5.83. The summed E-state index contributed by atoms with van der Waals surface area (Å²) in [5, 5.41) is 0.490. The highest BCUT2D eigenvalue weighted by Gasteiger charge is 2.31. The Bertz CT molecular complexity index is 570.